The van der Waals surface area contributed by atoms with Crippen LogP contribution in [0.3, 0.4) is 0 Å². The maximum Gasteiger partial charge on any atom is 0.254 e. The molecule has 4 heteroatoms. The van der Waals surface area contributed by atoms with Crippen LogP contribution in [0.4, 0.5) is 5.82 Å². The lowest BCUT2D eigenvalue weighted by molar-refractivity contribution is 0.0964. The molecule has 1 aromatic heterocycles. The Bertz CT molecular complexity index is 277. The van der Waals surface area contributed by atoms with Crippen molar-refractivity contribution in [2.45, 2.75) is 0 Å². The van der Waals surface area contributed by atoms with Crippen molar-refractivity contribution in [2.75, 3.05) is 12.8 Å². The molecule has 0 radical (unpaired) electrons. The summed E-state index contributed by atoms with van der Waals surface area (Å²) in [4.78, 5) is 11.0. The molecule has 3 N–H and O–H groups in total. The minimum absolute atomic E-state index is 0.150. The Hall–Kier alpha value is -1.45. The number of aromatic nitrogens is 1. The summed E-state index contributed by atoms with van der Waals surface area (Å²) in [6, 6.07) is 1.69. The van der Waals surface area contributed by atoms with Crippen LogP contribution in [0.25, 0.3) is 0 Å². The summed E-state index contributed by atoms with van der Waals surface area (Å²) in [7, 11) is 3.37. The maximum absolute atomic E-state index is 11.0. The molecule has 11 heavy (non-hydrogen) atoms. The van der Waals surface area contributed by atoms with Crippen LogP contribution in [0.1, 0.15) is 10.4 Å². The Morgan fingerprint density at radius 3 is 2.73 bits per heavy atom. The number of nitrogen functional groups attached to an aromatic ring is 1. The van der Waals surface area contributed by atoms with Gasteiger partial charge < -0.3 is 15.6 Å². The van der Waals surface area contributed by atoms with Crippen LogP contribution in [0.2, 0.25) is 0 Å². The van der Waals surface area contributed by atoms with Gasteiger partial charge in [-0.1, -0.05) is 0 Å². The lowest BCUT2D eigenvalue weighted by Crippen LogP contribution is -2.18. The molecule has 1 aromatic rings. The van der Waals surface area contributed by atoms with Crippen LogP contribution in [0, 0.1) is 0 Å². The van der Waals surface area contributed by atoms with Crippen LogP contribution in [-0.4, -0.2) is 17.5 Å². The lowest BCUT2D eigenvalue weighted by atomic mass is 10.3. The molecular weight excluding hydrogens is 142 g/mol. The Kier molecular flexibility index (Phi) is 1.85. The van der Waals surface area contributed by atoms with Gasteiger partial charge in [-0.2, -0.15) is 0 Å². The third-order valence-electron chi connectivity index (χ3n) is 1.59. The normalized spacial score (nSPS) is 9.64. The van der Waals surface area contributed by atoms with Crippen molar-refractivity contribution in [2.24, 2.45) is 7.05 Å². The number of anilines is 1. The molecule has 0 saturated carbocycles. The van der Waals surface area contributed by atoms with Gasteiger partial charge in [0.25, 0.3) is 5.91 Å². The zero-order valence-electron chi connectivity index (χ0n) is 6.59. The molecule has 0 saturated heterocycles. The minimum Gasteiger partial charge on any atom is -0.384 e. The fraction of sp³-hybridized carbons (Fsp3) is 0.286. The summed E-state index contributed by atoms with van der Waals surface area (Å²) in [5, 5.41) is 2.50. The largest absolute Gasteiger partial charge is 0.384 e. The smallest absolute Gasteiger partial charge is 0.254 e. The van der Waals surface area contributed by atoms with E-state index in [9.17, 15) is 4.79 Å². The summed E-state index contributed by atoms with van der Waals surface area (Å²) >= 11 is 0. The average Bonchev–Trinajstić information content (AvgIpc) is 2.32. The van der Waals surface area contributed by atoms with Crippen LogP contribution >= 0.6 is 0 Å². The predicted molar refractivity (Wildman–Crippen MR) is 43.2 cm³/mol. The Morgan fingerprint density at radius 2 is 2.36 bits per heavy atom. The Morgan fingerprint density at radius 1 is 1.73 bits per heavy atom. The molecule has 0 atom stereocenters. The van der Waals surface area contributed by atoms with E-state index < -0.39 is 0 Å². The summed E-state index contributed by atoms with van der Waals surface area (Å²) in [6.07, 6.45) is 1.75. The second-order valence-electron chi connectivity index (χ2n) is 2.30. The first-order valence-electron chi connectivity index (χ1n) is 3.29. The van der Waals surface area contributed by atoms with Crippen molar-refractivity contribution in [3.8, 4) is 0 Å². The van der Waals surface area contributed by atoms with Crippen LogP contribution in [-0.2, 0) is 7.05 Å². The van der Waals surface area contributed by atoms with Crippen molar-refractivity contribution in [3.63, 3.8) is 0 Å². The first kappa shape index (κ1) is 7.65. The third kappa shape index (κ3) is 1.19. The number of hydrogen-bond acceptors (Lipinski definition) is 2. The van der Waals surface area contributed by atoms with E-state index in [1.54, 1.807) is 30.9 Å². The summed E-state index contributed by atoms with van der Waals surface area (Å²) in [5.74, 6) is 0.340. The quantitative estimate of drug-likeness (QED) is 0.595. The van der Waals surface area contributed by atoms with Gasteiger partial charge in [-0.3, -0.25) is 4.79 Å². The van der Waals surface area contributed by atoms with Gasteiger partial charge in [0, 0.05) is 20.3 Å². The highest BCUT2D eigenvalue weighted by Gasteiger charge is 2.09. The van der Waals surface area contributed by atoms with Crippen LogP contribution in [0.15, 0.2) is 12.3 Å². The Balaban J connectivity index is 3.04. The molecule has 1 amide bonds. The Labute approximate surface area is 65.0 Å². The molecule has 0 aromatic carbocycles. The second kappa shape index (κ2) is 2.65. The molecule has 0 fully saturated rings. The molecule has 0 spiro atoms. The lowest BCUT2D eigenvalue weighted by Gasteiger charge is -1.99. The predicted octanol–water partition coefficient (Wildman–Crippen LogP) is -0.0331. The van der Waals surface area contributed by atoms with Gasteiger partial charge in [-0.05, 0) is 6.07 Å². The van der Waals surface area contributed by atoms with E-state index in [2.05, 4.69) is 5.32 Å². The first-order chi connectivity index (χ1) is 5.16. The third-order valence-corrected chi connectivity index (χ3v) is 1.59. The van der Waals surface area contributed by atoms with E-state index in [0.717, 1.165) is 0 Å². The fourth-order valence-corrected chi connectivity index (χ4v) is 0.869. The zero-order valence-corrected chi connectivity index (χ0v) is 6.59. The average molecular weight is 153 g/mol. The van der Waals surface area contributed by atoms with Crippen molar-refractivity contribution >= 4 is 11.7 Å². The van der Waals surface area contributed by atoms with Crippen molar-refractivity contribution in [3.05, 3.63) is 17.8 Å². The topological polar surface area (TPSA) is 60.0 Å². The van der Waals surface area contributed by atoms with Crippen molar-refractivity contribution in [1.82, 2.24) is 9.88 Å². The van der Waals surface area contributed by atoms with Gasteiger partial charge in [-0.25, -0.2) is 0 Å². The van der Waals surface area contributed by atoms with E-state index in [-0.39, 0.29) is 5.91 Å². The number of aryl methyl sites for hydroxylation is 1. The SMILES string of the molecule is CNC(=O)c1ccn(C)c1N. The molecule has 1 rings (SSSR count). The molecule has 0 aliphatic rings. The standard InChI is InChI=1S/C7H11N3O/c1-9-7(11)5-3-4-10(2)6(5)8/h3-4H,8H2,1-2H3,(H,9,11). The number of rotatable bonds is 1. The van der Waals surface area contributed by atoms with Crippen LogP contribution in [0.5, 0.6) is 0 Å². The second-order valence-corrected chi connectivity index (χ2v) is 2.30. The molecular formula is C7H11N3O. The van der Waals surface area contributed by atoms with Gasteiger partial charge in [0.2, 0.25) is 0 Å². The minimum atomic E-state index is -0.150. The van der Waals surface area contributed by atoms with E-state index >= 15 is 0 Å². The molecule has 0 aliphatic heterocycles. The number of hydrogen-bond donors (Lipinski definition) is 2. The maximum atomic E-state index is 11.0. The highest BCUT2D eigenvalue weighted by atomic mass is 16.1. The molecule has 4 nitrogen and oxygen atoms in total. The number of carbonyl (C=O) groups is 1. The van der Waals surface area contributed by atoms with Gasteiger partial charge in [0.05, 0.1) is 5.56 Å². The zero-order chi connectivity index (χ0) is 8.43. The van der Waals surface area contributed by atoms with E-state index in [0.29, 0.717) is 11.4 Å². The van der Waals surface area contributed by atoms with Gasteiger partial charge in [0.15, 0.2) is 0 Å². The summed E-state index contributed by atoms with van der Waals surface area (Å²) < 4.78 is 1.70. The number of nitrogens with two attached hydrogens (primary N) is 1. The summed E-state index contributed by atoms with van der Waals surface area (Å²) in [6.45, 7) is 0. The van der Waals surface area contributed by atoms with Crippen molar-refractivity contribution in [1.29, 1.82) is 0 Å². The summed E-state index contributed by atoms with van der Waals surface area (Å²) in [5.41, 5.74) is 6.10. The monoisotopic (exact) mass is 153 g/mol. The molecule has 0 aliphatic carbocycles. The number of nitrogens with one attached hydrogen (secondary N) is 1. The van der Waals surface area contributed by atoms with Gasteiger partial charge in [0.1, 0.15) is 5.82 Å². The molecule has 1 heterocycles. The van der Waals surface area contributed by atoms with E-state index in [1.807, 2.05) is 0 Å². The fourth-order valence-electron chi connectivity index (χ4n) is 0.869. The first-order valence-corrected chi connectivity index (χ1v) is 3.29. The van der Waals surface area contributed by atoms with Crippen LogP contribution < -0.4 is 11.1 Å². The number of nitrogens with zero attached hydrogens (tertiary/aromatic N) is 1. The molecule has 0 bridgehead atoms. The van der Waals surface area contributed by atoms with E-state index in [1.165, 1.54) is 0 Å². The number of carbonyl (C=O) groups excluding carboxylic acids is 1. The van der Waals surface area contributed by atoms with Gasteiger partial charge >= 0.3 is 0 Å². The van der Waals surface area contributed by atoms with Gasteiger partial charge in [-0.15, -0.1) is 0 Å². The number of amides is 1. The molecule has 0 unspecified atom stereocenters. The highest BCUT2D eigenvalue weighted by Crippen LogP contribution is 2.10. The van der Waals surface area contributed by atoms with E-state index in [4.69, 9.17) is 5.73 Å². The molecule has 60 valence electrons. The highest BCUT2D eigenvalue weighted by molar-refractivity contribution is 5.98. The van der Waals surface area contributed by atoms with Crippen molar-refractivity contribution < 1.29 is 4.79 Å².